The zero-order chi connectivity index (χ0) is 11.1. The van der Waals surface area contributed by atoms with E-state index in [4.69, 9.17) is 0 Å². The van der Waals surface area contributed by atoms with Crippen LogP contribution in [0.5, 0.6) is 0 Å². The van der Waals surface area contributed by atoms with Crippen molar-refractivity contribution in [2.24, 2.45) is 5.92 Å². The summed E-state index contributed by atoms with van der Waals surface area (Å²) in [4.78, 5) is 14.0. The quantitative estimate of drug-likeness (QED) is 0.564. The molecule has 0 radical (unpaired) electrons. The molecule has 1 fully saturated rings. The van der Waals surface area contributed by atoms with E-state index in [9.17, 15) is 4.79 Å². The molecule has 1 amide bonds. The summed E-state index contributed by atoms with van der Waals surface area (Å²) in [7, 11) is 0. The molecule has 0 spiro atoms. The van der Waals surface area contributed by atoms with Crippen LogP contribution in [0.1, 0.15) is 58.8 Å². The Morgan fingerprint density at radius 1 is 1.07 bits per heavy atom. The summed E-state index contributed by atoms with van der Waals surface area (Å²) in [5, 5.41) is 0. The molecular weight excluding hydrogens is 186 g/mol. The Morgan fingerprint density at radius 3 is 2.33 bits per heavy atom. The Balaban J connectivity index is 2.20. The Kier molecular flexibility index (Phi) is 5.74. The van der Waals surface area contributed by atoms with Crippen LogP contribution in [0.15, 0.2) is 0 Å². The molecule has 88 valence electrons. The van der Waals surface area contributed by atoms with E-state index in [1.54, 1.807) is 0 Å². The Bertz CT molecular complexity index is 187. The molecule has 1 rings (SSSR count). The third-order valence-corrected chi connectivity index (χ3v) is 3.01. The van der Waals surface area contributed by atoms with E-state index in [2.05, 4.69) is 18.7 Å². The van der Waals surface area contributed by atoms with Crippen LogP contribution in [0.25, 0.3) is 0 Å². The first-order valence-electron chi connectivity index (χ1n) is 6.58. The molecule has 0 aromatic rings. The van der Waals surface area contributed by atoms with Gasteiger partial charge in [-0.15, -0.1) is 0 Å². The second-order valence-corrected chi connectivity index (χ2v) is 4.66. The van der Waals surface area contributed by atoms with Crippen LogP contribution >= 0.6 is 0 Å². The van der Waals surface area contributed by atoms with E-state index in [0.29, 0.717) is 11.8 Å². The number of carbonyl (C=O) groups excluding carboxylic acids is 1. The van der Waals surface area contributed by atoms with Crippen LogP contribution in [-0.4, -0.2) is 23.9 Å². The zero-order valence-electron chi connectivity index (χ0n) is 10.3. The van der Waals surface area contributed by atoms with E-state index in [1.807, 2.05) is 0 Å². The first kappa shape index (κ1) is 12.5. The second-order valence-electron chi connectivity index (χ2n) is 4.66. The molecule has 2 heteroatoms. The lowest BCUT2D eigenvalue weighted by atomic mass is 10.2. The van der Waals surface area contributed by atoms with Gasteiger partial charge in [-0.2, -0.15) is 0 Å². The number of hydrogen-bond donors (Lipinski definition) is 0. The molecule has 1 saturated carbocycles. The fourth-order valence-corrected chi connectivity index (χ4v) is 1.92. The number of rotatable bonds is 8. The van der Waals surface area contributed by atoms with Crippen molar-refractivity contribution in [2.75, 3.05) is 13.1 Å². The van der Waals surface area contributed by atoms with Gasteiger partial charge < -0.3 is 4.90 Å². The molecule has 0 heterocycles. The van der Waals surface area contributed by atoms with E-state index >= 15 is 0 Å². The van der Waals surface area contributed by atoms with Crippen LogP contribution in [0, 0.1) is 5.92 Å². The highest BCUT2D eigenvalue weighted by atomic mass is 16.2. The maximum atomic E-state index is 11.9. The van der Waals surface area contributed by atoms with Crippen molar-refractivity contribution < 1.29 is 4.79 Å². The number of hydrogen-bond acceptors (Lipinski definition) is 1. The van der Waals surface area contributed by atoms with Crippen LogP contribution in [0.3, 0.4) is 0 Å². The lowest BCUT2D eigenvalue weighted by Gasteiger charge is -2.22. The van der Waals surface area contributed by atoms with Gasteiger partial charge in [-0.1, -0.05) is 33.1 Å². The molecule has 0 unspecified atom stereocenters. The fraction of sp³-hybridized carbons (Fsp3) is 0.923. The number of carbonyl (C=O) groups is 1. The molecule has 15 heavy (non-hydrogen) atoms. The highest BCUT2D eigenvalue weighted by Crippen LogP contribution is 2.31. The lowest BCUT2D eigenvalue weighted by Crippen LogP contribution is -2.33. The predicted molar refractivity (Wildman–Crippen MR) is 63.7 cm³/mol. The number of unbranched alkanes of at least 4 members (excludes halogenated alkanes) is 3. The highest BCUT2D eigenvalue weighted by molar-refractivity contribution is 5.81. The highest BCUT2D eigenvalue weighted by Gasteiger charge is 2.32. The average Bonchev–Trinajstić information content (AvgIpc) is 3.05. The minimum absolute atomic E-state index is 0.391. The van der Waals surface area contributed by atoms with Gasteiger partial charge in [0.15, 0.2) is 0 Å². The number of nitrogens with zero attached hydrogens (tertiary/aromatic N) is 1. The summed E-state index contributed by atoms with van der Waals surface area (Å²) in [6, 6.07) is 0. The van der Waals surface area contributed by atoms with Gasteiger partial charge in [-0.3, -0.25) is 4.79 Å². The largest absolute Gasteiger partial charge is 0.342 e. The SMILES string of the molecule is CCCCCCN(CCC)C(=O)C1CC1. The topological polar surface area (TPSA) is 20.3 Å². The summed E-state index contributed by atoms with van der Waals surface area (Å²) in [5.41, 5.74) is 0. The molecule has 1 aliphatic rings. The predicted octanol–water partition coefficient (Wildman–Crippen LogP) is 3.22. The van der Waals surface area contributed by atoms with Crippen molar-refractivity contribution >= 4 is 5.91 Å². The maximum Gasteiger partial charge on any atom is 0.225 e. The molecule has 0 atom stereocenters. The van der Waals surface area contributed by atoms with Crippen LogP contribution in [0.4, 0.5) is 0 Å². The minimum Gasteiger partial charge on any atom is -0.342 e. The smallest absolute Gasteiger partial charge is 0.225 e. The lowest BCUT2D eigenvalue weighted by molar-refractivity contribution is -0.132. The standard InChI is InChI=1S/C13H25NO/c1-3-5-6-7-11-14(10-4-2)13(15)12-8-9-12/h12H,3-11H2,1-2H3. The minimum atomic E-state index is 0.391. The summed E-state index contributed by atoms with van der Waals surface area (Å²) in [6.07, 6.45) is 8.39. The van der Waals surface area contributed by atoms with Crippen molar-refractivity contribution in [3.8, 4) is 0 Å². The van der Waals surface area contributed by atoms with E-state index in [0.717, 1.165) is 32.4 Å². The molecule has 0 aromatic carbocycles. The van der Waals surface area contributed by atoms with Crippen molar-refractivity contribution in [3.63, 3.8) is 0 Å². The van der Waals surface area contributed by atoms with Crippen molar-refractivity contribution in [3.05, 3.63) is 0 Å². The van der Waals surface area contributed by atoms with E-state index < -0.39 is 0 Å². The maximum absolute atomic E-state index is 11.9. The van der Waals surface area contributed by atoms with Gasteiger partial charge in [0.1, 0.15) is 0 Å². The van der Waals surface area contributed by atoms with Crippen LogP contribution in [0.2, 0.25) is 0 Å². The van der Waals surface area contributed by atoms with Crippen LogP contribution in [-0.2, 0) is 4.79 Å². The molecule has 2 nitrogen and oxygen atoms in total. The van der Waals surface area contributed by atoms with Crippen molar-refractivity contribution in [1.29, 1.82) is 0 Å². The van der Waals surface area contributed by atoms with Gasteiger partial charge in [-0.05, 0) is 25.7 Å². The molecule has 0 N–H and O–H groups in total. The molecule has 0 aliphatic heterocycles. The Hall–Kier alpha value is -0.530. The summed E-state index contributed by atoms with van der Waals surface area (Å²) in [5.74, 6) is 0.816. The zero-order valence-corrected chi connectivity index (χ0v) is 10.3. The Labute approximate surface area is 94.0 Å². The first-order chi connectivity index (χ1) is 7.29. The first-order valence-corrected chi connectivity index (χ1v) is 6.58. The van der Waals surface area contributed by atoms with Gasteiger partial charge in [0.05, 0.1) is 0 Å². The third-order valence-electron chi connectivity index (χ3n) is 3.01. The normalized spacial score (nSPS) is 15.3. The van der Waals surface area contributed by atoms with E-state index in [1.165, 1.54) is 25.7 Å². The fourth-order valence-electron chi connectivity index (χ4n) is 1.92. The Morgan fingerprint density at radius 2 is 1.80 bits per heavy atom. The summed E-state index contributed by atoms with van der Waals surface area (Å²) >= 11 is 0. The summed E-state index contributed by atoms with van der Waals surface area (Å²) in [6.45, 7) is 6.32. The monoisotopic (exact) mass is 211 g/mol. The molecular formula is C13H25NO. The third kappa shape index (κ3) is 4.67. The van der Waals surface area contributed by atoms with Gasteiger partial charge in [0.2, 0.25) is 5.91 Å². The second kappa shape index (κ2) is 6.86. The molecule has 0 saturated heterocycles. The van der Waals surface area contributed by atoms with Crippen molar-refractivity contribution in [2.45, 2.75) is 58.8 Å². The molecule has 0 bridgehead atoms. The number of amides is 1. The van der Waals surface area contributed by atoms with Gasteiger partial charge in [0.25, 0.3) is 0 Å². The van der Waals surface area contributed by atoms with Gasteiger partial charge >= 0.3 is 0 Å². The van der Waals surface area contributed by atoms with Gasteiger partial charge in [0, 0.05) is 19.0 Å². The molecule has 1 aliphatic carbocycles. The average molecular weight is 211 g/mol. The molecule has 0 aromatic heterocycles. The van der Waals surface area contributed by atoms with Gasteiger partial charge in [-0.25, -0.2) is 0 Å². The van der Waals surface area contributed by atoms with Crippen LogP contribution < -0.4 is 0 Å². The van der Waals surface area contributed by atoms with Crippen molar-refractivity contribution in [1.82, 2.24) is 4.90 Å². The van der Waals surface area contributed by atoms with E-state index in [-0.39, 0.29) is 0 Å². The summed E-state index contributed by atoms with van der Waals surface area (Å²) < 4.78 is 0.